The smallest absolute Gasteiger partial charge is 0.445 e. The van der Waals surface area contributed by atoms with Crippen LogP contribution in [0.5, 0.6) is 0 Å². The van der Waals surface area contributed by atoms with E-state index in [1.807, 2.05) is 5.32 Å². The van der Waals surface area contributed by atoms with Crippen molar-refractivity contribution in [1.29, 1.82) is 0 Å². The van der Waals surface area contributed by atoms with Gasteiger partial charge in [0.15, 0.2) is 0 Å². The Hall–Kier alpha value is -1.90. The minimum atomic E-state index is -4.57. The topological polar surface area (TPSA) is 67.4 Å². The normalized spacial score (nSPS) is 10.8. The predicted octanol–water partition coefficient (Wildman–Crippen LogP) is 2.20. The van der Waals surface area contributed by atoms with Gasteiger partial charge in [-0.25, -0.2) is 4.79 Å². The molecule has 0 heterocycles. The fourth-order valence-electron chi connectivity index (χ4n) is 1.08. The lowest BCUT2D eigenvalue weighted by atomic mass is 10.2. The van der Waals surface area contributed by atoms with Gasteiger partial charge in [0.2, 0.25) is 5.91 Å². The second-order valence-corrected chi connectivity index (χ2v) is 4.36. The minimum Gasteiger partial charge on any atom is -0.445 e. The van der Waals surface area contributed by atoms with Gasteiger partial charge in [0, 0.05) is 0 Å². The highest BCUT2D eigenvalue weighted by Gasteiger charge is 2.29. The fraction of sp³-hybridized carbons (Fsp3) is 0.273. The van der Waals surface area contributed by atoms with Crippen LogP contribution in [0.2, 0.25) is 0 Å². The predicted molar refractivity (Wildman–Crippen MR) is 66.4 cm³/mol. The summed E-state index contributed by atoms with van der Waals surface area (Å²) in [4.78, 5) is 22.1. The van der Waals surface area contributed by atoms with Crippen molar-refractivity contribution in [3.8, 4) is 0 Å². The van der Waals surface area contributed by atoms with Crippen molar-refractivity contribution in [2.45, 2.75) is 12.1 Å². The second kappa shape index (κ2) is 7.63. The Bertz CT molecular complexity index is 454. The molecule has 0 spiro atoms. The molecule has 0 radical (unpaired) electrons. The molecule has 0 fully saturated rings. The lowest BCUT2D eigenvalue weighted by molar-refractivity contribution is -0.118. The number of benzene rings is 1. The summed E-state index contributed by atoms with van der Waals surface area (Å²) in [5, 5.41) is 2.04. The fourth-order valence-corrected chi connectivity index (χ4v) is 1.38. The van der Waals surface area contributed by atoms with Crippen molar-refractivity contribution in [3.63, 3.8) is 0 Å². The number of hydrogen-bond acceptors (Lipinski definition) is 4. The van der Waals surface area contributed by atoms with E-state index < -0.39 is 36.0 Å². The van der Waals surface area contributed by atoms with Crippen molar-refractivity contribution in [1.82, 2.24) is 10.0 Å². The van der Waals surface area contributed by atoms with Crippen LogP contribution >= 0.6 is 11.9 Å². The molecule has 0 aromatic heterocycles. The monoisotopic (exact) mass is 308 g/mol. The number of carbonyl (C=O) groups is 2. The molecule has 110 valence electrons. The molecule has 0 bridgehead atoms. The summed E-state index contributed by atoms with van der Waals surface area (Å²) in [7, 11) is 0. The molecule has 0 aliphatic carbocycles. The Balaban J connectivity index is 2.18. The van der Waals surface area contributed by atoms with E-state index in [9.17, 15) is 22.8 Å². The number of halogens is 3. The molecule has 1 aromatic rings. The van der Waals surface area contributed by atoms with Crippen molar-refractivity contribution < 1.29 is 27.5 Å². The number of rotatable bonds is 5. The van der Waals surface area contributed by atoms with E-state index in [-0.39, 0.29) is 6.61 Å². The number of alkyl carbamates (subject to hydrolysis) is 1. The molecular formula is C11H11F3N2O3S. The third kappa shape index (κ3) is 7.52. The number of alkyl halides is 3. The first kappa shape index (κ1) is 16.2. The van der Waals surface area contributed by atoms with Crippen molar-refractivity contribution in [2.24, 2.45) is 0 Å². The van der Waals surface area contributed by atoms with Crippen molar-refractivity contribution >= 4 is 23.9 Å². The Morgan fingerprint density at radius 3 is 2.45 bits per heavy atom. The molecule has 0 atom stereocenters. The quantitative estimate of drug-likeness (QED) is 0.818. The maximum Gasteiger partial charge on any atom is 0.461 e. The van der Waals surface area contributed by atoms with E-state index in [4.69, 9.17) is 4.74 Å². The van der Waals surface area contributed by atoms with E-state index in [1.165, 1.54) is 4.72 Å². The lowest BCUT2D eigenvalue weighted by Crippen LogP contribution is -2.35. The zero-order valence-electron chi connectivity index (χ0n) is 10.1. The van der Waals surface area contributed by atoms with Crippen LogP contribution < -0.4 is 10.0 Å². The highest BCUT2D eigenvalue weighted by atomic mass is 32.2. The third-order valence-corrected chi connectivity index (χ3v) is 2.45. The maximum absolute atomic E-state index is 11.8. The highest BCUT2D eigenvalue weighted by Crippen LogP contribution is 2.26. The molecule has 2 amide bonds. The summed E-state index contributed by atoms with van der Waals surface area (Å²) >= 11 is -0.688. The number of carbonyl (C=O) groups excluding carboxylic acids is 2. The van der Waals surface area contributed by atoms with Crippen LogP contribution in [-0.4, -0.2) is 24.1 Å². The summed E-state index contributed by atoms with van der Waals surface area (Å²) < 4.78 is 41.6. The average molecular weight is 308 g/mol. The molecule has 5 nitrogen and oxygen atoms in total. The van der Waals surface area contributed by atoms with Gasteiger partial charge in [0.1, 0.15) is 13.2 Å². The second-order valence-electron chi connectivity index (χ2n) is 3.49. The van der Waals surface area contributed by atoms with Crippen LogP contribution in [0.15, 0.2) is 30.3 Å². The van der Waals surface area contributed by atoms with Gasteiger partial charge in [0.25, 0.3) is 0 Å². The van der Waals surface area contributed by atoms with E-state index in [2.05, 4.69) is 0 Å². The third-order valence-electron chi connectivity index (χ3n) is 1.89. The molecule has 1 aromatic carbocycles. The van der Waals surface area contributed by atoms with Gasteiger partial charge in [-0.1, -0.05) is 30.3 Å². The molecular weight excluding hydrogens is 297 g/mol. The largest absolute Gasteiger partial charge is 0.461 e. The molecule has 20 heavy (non-hydrogen) atoms. The first-order valence-corrected chi connectivity index (χ1v) is 6.16. The Morgan fingerprint density at radius 1 is 1.20 bits per heavy atom. The van der Waals surface area contributed by atoms with Gasteiger partial charge >= 0.3 is 11.6 Å². The number of amides is 2. The first-order chi connectivity index (χ1) is 9.37. The molecule has 0 saturated heterocycles. The molecule has 1 rings (SSSR count). The van der Waals surface area contributed by atoms with Gasteiger partial charge in [-0.15, -0.1) is 0 Å². The van der Waals surface area contributed by atoms with Crippen LogP contribution in [0.4, 0.5) is 18.0 Å². The van der Waals surface area contributed by atoms with Crippen LogP contribution in [0.1, 0.15) is 5.56 Å². The summed E-state index contributed by atoms with van der Waals surface area (Å²) in [6.45, 7) is -0.595. The van der Waals surface area contributed by atoms with E-state index in [0.717, 1.165) is 5.56 Å². The van der Waals surface area contributed by atoms with Crippen LogP contribution in [-0.2, 0) is 16.1 Å². The molecule has 0 aliphatic rings. The summed E-state index contributed by atoms with van der Waals surface area (Å²) in [6, 6.07) is 8.79. The summed E-state index contributed by atoms with van der Waals surface area (Å²) in [6.07, 6.45) is -0.888. The van der Waals surface area contributed by atoms with Gasteiger partial charge in [0.05, 0.1) is 11.9 Å². The summed E-state index contributed by atoms with van der Waals surface area (Å²) in [5.41, 5.74) is -3.82. The van der Waals surface area contributed by atoms with Gasteiger partial charge in [-0.3, -0.25) is 9.52 Å². The van der Waals surface area contributed by atoms with Crippen LogP contribution in [0.3, 0.4) is 0 Å². The van der Waals surface area contributed by atoms with Gasteiger partial charge in [-0.05, 0) is 5.56 Å². The SMILES string of the molecule is O=C(CNC(=O)OCc1ccccc1)NSC(F)(F)F. The number of ether oxygens (including phenoxy) is 1. The lowest BCUT2D eigenvalue weighted by Gasteiger charge is -2.08. The van der Waals surface area contributed by atoms with E-state index in [1.54, 1.807) is 30.3 Å². The number of nitrogens with one attached hydrogen (secondary N) is 2. The van der Waals surface area contributed by atoms with Gasteiger partial charge < -0.3 is 10.1 Å². The van der Waals surface area contributed by atoms with Crippen molar-refractivity contribution in [2.75, 3.05) is 6.54 Å². The van der Waals surface area contributed by atoms with Crippen molar-refractivity contribution in [3.05, 3.63) is 35.9 Å². The molecule has 0 unspecified atom stereocenters. The molecule has 0 aliphatic heterocycles. The first-order valence-electron chi connectivity index (χ1n) is 5.35. The standard InChI is InChI=1S/C11H11F3N2O3S/c12-11(13,14)20-16-9(17)6-15-10(18)19-7-8-4-2-1-3-5-8/h1-5H,6-7H2,(H,15,18)(H,16,17). The van der Waals surface area contributed by atoms with E-state index >= 15 is 0 Å². The van der Waals surface area contributed by atoms with Crippen LogP contribution in [0, 0.1) is 0 Å². The maximum atomic E-state index is 11.8. The van der Waals surface area contributed by atoms with Gasteiger partial charge in [-0.2, -0.15) is 13.2 Å². The van der Waals surface area contributed by atoms with Crippen LogP contribution in [0.25, 0.3) is 0 Å². The average Bonchev–Trinajstić information content (AvgIpc) is 2.41. The molecule has 9 heteroatoms. The molecule has 2 N–H and O–H groups in total. The molecule has 0 saturated carbocycles. The zero-order valence-corrected chi connectivity index (χ0v) is 10.9. The van der Waals surface area contributed by atoms with E-state index in [0.29, 0.717) is 0 Å². The highest BCUT2D eigenvalue weighted by molar-refractivity contribution is 7.98. The minimum absolute atomic E-state index is 0.00555. The number of hydrogen-bond donors (Lipinski definition) is 2. The Labute approximate surface area is 117 Å². The Kier molecular flexibility index (Phi) is 6.16. The Morgan fingerprint density at radius 2 is 1.85 bits per heavy atom. The zero-order chi connectivity index (χ0) is 15.0. The summed E-state index contributed by atoms with van der Waals surface area (Å²) in [5.74, 6) is -0.982.